The van der Waals surface area contributed by atoms with E-state index in [1.54, 1.807) is 38.1 Å². The summed E-state index contributed by atoms with van der Waals surface area (Å²) in [6, 6.07) is 6.51. The maximum absolute atomic E-state index is 12.8. The maximum Gasteiger partial charge on any atom is 0.349 e. The van der Waals surface area contributed by atoms with Crippen LogP contribution in [0.2, 0.25) is 5.02 Å². The highest BCUT2D eigenvalue weighted by atomic mass is 35.5. The van der Waals surface area contributed by atoms with E-state index in [9.17, 15) is 9.36 Å². The van der Waals surface area contributed by atoms with Crippen LogP contribution in [0.3, 0.4) is 0 Å². The van der Waals surface area contributed by atoms with Crippen LogP contribution in [0.15, 0.2) is 24.3 Å². The van der Waals surface area contributed by atoms with Crippen molar-refractivity contribution in [3.63, 3.8) is 0 Å². The lowest BCUT2D eigenvalue weighted by molar-refractivity contribution is -0.140. The zero-order valence-electron chi connectivity index (χ0n) is 11.7. The van der Waals surface area contributed by atoms with E-state index in [1.165, 1.54) is 7.11 Å². The molecule has 7 heteroatoms. The van der Waals surface area contributed by atoms with Crippen molar-refractivity contribution in [2.45, 2.75) is 19.5 Å². The van der Waals surface area contributed by atoms with Gasteiger partial charge in [0.15, 0.2) is 5.66 Å². The zero-order chi connectivity index (χ0) is 15.2. The van der Waals surface area contributed by atoms with Gasteiger partial charge in [-0.2, -0.15) is 0 Å². The van der Waals surface area contributed by atoms with E-state index < -0.39 is 19.2 Å². The fourth-order valence-corrected chi connectivity index (χ4v) is 3.96. The van der Waals surface area contributed by atoms with Gasteiger partial charge in [0.05, 0.1) is 20.3 Å². The third-order valence-electron chi connectivity index (χ3n) is 2.52. The Morgan fingerprint density at radius 3 is 2.35 bits per heavy atom. The topological polar surface area (TPSA) is 61.8 Å². The van der Waals surface area contributed by atoms with Crippen molar-refractivity contribution >= 4 is 25.2 Å². The van der Waals surface area contributed by atoms with Gasteiger partial charge in [-0.05, 0) is 31.5 Å². The number of methoxy groups -OCH3 is 1. The monoisotopic (exact) mass is 320 g/mol. The SMILES string of the molecule is CCOP(=O)(OCC)[C@@H](C(=O)OC)c1cccc(Cl)c1. The highest BCUT2D eigenvalue weighted by Crippen LogP contribution is 2.61. The second-order valence-corrected chi connectivity index (χ2v) is 6.40. The summed E-state index contributed by atoms with van der Waals surface area (Å²) in [5.41, 5.74) is -0.708. The number of benzene rings is 1. The van der Waals surface area contributed by atoms with Crippen LogP contribution in [0.25, 0.3) is 0 Å². The van der Waals surface area contributed by atoms with E-state index in [0.29, 0.717) is 10.6 Å². The number of carbonyl (C=O) groups excluding carboxylic acids is 1. The molecule has 0 aliphatic rings. The third-order valence-corrected chi connectivity index (χ3v) is 5.14. The van der Waals surface area contributed by atoms with Crippen LogP contribution in [-0.2, 0) is 23.1 Å². The molecule has 1 aromatic rings. The Kier molecular flexibility index (Phi) is 6.69. The number of halogens is 1. The molecule has 0 saturated heterocycles. The first kappa shape index (κ1) is 17.2. The second-order valence-electron chi connectivity index (χ2n) is 3.86. The van der Waals surface area contributed by atoms with Gasteiger partial charge in [-0.1, -0.05) is 23.7 Å². The molecular formula is C13H18ClO5P. The van der Waals surface area contributed by atoms with Gasteiger partial charge < -0.3 is 13.8 Å². The molecule has 1 aromatic carbocycles. The smallest absolute Gasteiger partial charge is 0.349 e. The normalized spacial score (nSPS) is 13.0. The molecule has 1 rings (SSSR count). The van der Waals surface area contributed by atoms with Crippen LogP contribution >= 0.6 is 19.2 Å². The average molecular weight is 321 g/mol. The Labute approximate surface area is 123 Å². The minimum Gasteiger partial charge on any atom is -0.468 e. The van der Waals surface area contributed by atoms with E-state index in [1.807, 2.05) is 0 Å². The fraction of sp³-hybridized carbons (Fsp3) is 0.462. The van der Waals surface area contributed by atoms with Gasteiger partial charge in [-0.25, -0.2) is 0 Å². The molecule has 0 fully saturated rings. The number of ether oxygens (including phenoxy) is 1. The summed E-state index contributed by atoms with van der Waals surface area (Å²) in [5, 5.41) is 0.427. The number of rotatable bonds is 7. The first-order valence-electron chi connectivity index (χ1n) is 6.20. The molecule has 0 aromatic heterocycles. The van der Waals surface area contributed by atoms with E-state index in [2.05, 4.69) is 0 Å². The van der Waals surface area contributed by atoms with Gasteiger partial charge >= 0.3 is 13.6 Å². The Bertz CT molecular complexity index is 495. The second kappa shape index (κ2) is 7.79. The van der Waals surface area contributed by atoms with Gasteiger partial charge in [0.25, 0.3) is 0 Å². The van der Waals surface area contributed by atoms with Crippen molar-refractivity contribution in [3.05, 3.63) is 34.9 Å². The van der Waals surface area contributed by atoms with Gasteiger partial charge in [0, 0.05) is 5.02 Å². The molecule has 0 unspecified atom stereocenters. The van der Waals surface area contributed by atoms with Crippen LogP contribution in [0.1, 0.15) is 25.1 Å². The first-order valence-corrected chi connectivity index (χ1v) is 8.19. The minimum atomic E-state index is -3.68. The lowest BCUT2D eigenvalue weighted by Crippen LogP contribution is -2.17. The lowest BCUT2D eigenvalue weighted by atomic mass is 10.1. The number of esters is 1. The van der Waals surface area contributed by atoms with Crippen LogP contribution in [0.5, 0.6) is 0 Å². The van der Waals surface area contributed by atoms with Crippen LogP contribution < -0.4 is 0 Å². The summed E-state index contributed by atoms with van der Waals surface area (Å²) in [5.74, 6) is -0.683. The number of carbonyl (C=O) groups is 1. The molecular weight excluding hydrogens is 303 g/mol. The highest BCUT2D eigenvalue weighted by Gasteiger charge is 2.43. The molecule has 0 spiro atoms. The van der Waals surface area contributed by atoms with Crippen molar-refractivity contribution in [1.29, 1.82) is 0 Å². The summed E-state index contributed by atoms with van der Waals surface area (Å²) >= 11 is 5.92. The van der Waals surface area contributed by atoms with E-state index in [4.69, 9.17) is 25.4 Å². The molecule has 0 amide bonds. The Morgan fingerprint density at radius 2 is 1.90 bits per heavy atom. The van der Waals surface area contributed by atoms with E-state index in [0.717, 1.165) is 0 Å². The van der Waals surface area contributed by atoms with Crippen molar-refractivity contribution < 1.29 is 23.1 Å². The van der Waals surface area contributed by atoms with Crippen LogP contribution in [0, 0.1) is 0 Å². The summed E-state index contributed by atoms with van der Waals surface area (Å²) in [6.07, 6.45) is 0. The van der Waals surface area contributed by atoms with Crippen molar-refractivity contribution in [1.82, 2.24) is 0 Å². The minimum absolute atomic E-state index is 0.158. The van der Waals surface area contributed by atoms with Crippen molar-refractivity contribution in [3.8, 4) is 0 Å². The summed E-state index contributed by atoms with van der Waals surface area (Å²) < 4.78 is 28.0. The molecule has 0 N–H and O–H groups in total. The van der Waals surface area contributed by atoms with Crippen molar-refractivity contribution in [2.24, 2.45) is 0 Å². The molecule has 112 valence electrons. The standard InChI is InChI=1S/C13H18ClO5P/c1-4-18-20(16,19-5-2)12(13(15)17-3)10-7-6-8-11(14)9-10/h6-9,12H,4-5H2,1-3H3/t12-/m1/s1. The summed E-state index contributed by atoms with van der Waals surface area (Å²) in [7, 11) is -2.45. The molecule has 0 bridgehead atoms. The van der Waals surface area contributed by atoms with Crippen LogP contribution in [0.4, 0.5) is 0 Å². The molecule has 5 nitrogen and oxygen atoms in total. The fourth-order valence-electron chi connectivity index (χ4n) is 1.78. The molecule has 20 heavy (non-hydrogen) atoms. The molecule has 0 aliphatic heterocycles. The van der Waals surface area contributed by atoms with Gasteiger partial charge in [0.2, 0.25) is 0 Å². The maximum atomic E-state index is 12.8. The Morgan fingerprint density at radius 1 is 1.30 bits per heavy atom. The summed E-state index contributed by atoms with van der Waals surface area (Å²) in [4.78, 5) is 12.0. The third kappa shape index (κ3) is 4.06. The molecule has 0 aliphatic carbocycles. The first-order chi connectivity index (χ1) is 9.48. The Hall–Kier alpha value is -0.870. The highest BCUT2D eigenvalue weighted by molar-refractivity contribution is 7.55. The zero-order valence-corrected chi connectivity index (χ0v) is 13.3. The van der Waals surface area contributed by atoms with Gasteiger partial charge in [-0.15, -0.1) is 0 Å². The summed E-state index contributed by atoms with van der Waals surface area (Å²) in [6.45, 7) is 3.67. The van der Waals surface area contributed by atoms with Crippen LogP contribution in [-0.4, -0.2) is 26.3 Å². The predicted molar refractivity (Wildman–Crippen MR) is 77.1 cm³/mol. The molecule has 0 radical (unpaired) electrons. The Balaban J connectivity index is 3.30. The molecule has 0 heterocycles. The van der Waals surface area contributed by atoms with Crippen molar-refractivity contribution in [2.75, 3.05) is 20.3 Å². The van der Waals surface area contributed by atoms with E-state index >= 15 is 0 Å². The predicted octanol–water partition coefficient (Wildman–Crippen LogP) is 3.82. The van der Waals surface area contributed by atoms with Gasteiger partial charge in [-0.3, -0.25) is 9.36 Å². The van der Waals surface area contributed by atoms with Gasteiger partial charge in [0.1, 0.15) is 0 Å². The average Bonchev–Trinajstić information content (AvgIpc) is 2.39. The quantitative estimate of drug-likeness (QED) is 0.564. The number of hydrogen-bond donors (Lipinski definition) is 0. The number of hydrogen-bond acceptors (Lipinski definition) is 5. The molecule has 1 atom stereocenters. The van der Waals surface area contributed by atoms with E-state index in [-0.39, 0.29) is 13.2 Å². The largest absolute Gasteiger partial charge is 0.468 e. The molecule has 0 saturated carbocycles. The lowest BCUT2D eigenvalue weighted by Gasteiger charge is -2.24.